The topological polar surface area (TPSA) is 108 Å². The van der Waals surface area contributed by atoms with Crippen LogP contribution in [0, 0.1) is 0 Å². The standard InChI is InChI=1S/C53H94NO8P/c1-6-8-10-12-14-16-17-18-19-20-21-22-23-24-25-26-27-28-29-30-31-32-33-34-35-36-37-38-40-42-44-46-53(56)62-51(50-61-63(57,58)60-48-47-54(3,4)5)49-59-52(55)45-43-41-39-15-13-11-9-7-2/h8,10,14,16,18-19,21-22,24-25,27-28,51H,6-7,9,11-13,15,17,20,23,26,29-50H2,1-5H3/p+1/b10-8-,16-14-,19-18-,22-21-,25-24-,28-27-. The number of hydrogen-bond acceptors (Lipinski definition) is 7. The van der Waals surface area contributed by atoms with Crippen LogP contribution >= 0.6 is 7.82 Å². The largest absolute Gasteiger partial charge is 0.472 e. The Balaban J connectivity index is 4.06. The van der Waals surface area contributed by atoms with Gasteiger partial charge in [0.25, 0.3) is 0 Å². The number of quaternary nitrogens is 1. The molecule has 2 atom stereocenters. The Hall–Kier alpha value is -2.55. The number of allylic oxidation sites excluding steroid dienone is 12. The molecule has 364 valence electrons. The molecule has 2 unspecified atom stereocenters. The predicted octanol–water partition coefficient (Wildman–Crippen LogP) is 15.0. The summed E-state index contributed by atoms with van der Waals surface area (Å²) in [5.41, 5.74) is 0. The Labute approximate surface area is 387 Å². The molecule has 0 aliphatic carbocycles. The molecule has 0 aliphatic rings. The summed E-state index contributed by atoms with van der Waals surface area (Å²) >= 11 is 0. The molecule has 0 aromatic heterocycles. The Morgan fingerprint density at radius 2 is 0.905 bits per heavy atom. The Morgan fingerprint density at radius 3 is 1.35 bits per heavy atom. The van der Waals surface area contributed by atoms with E-state index in [0.29, 0.717) is 17.4 Å². The number of phosphoric acid groups is 1. The molecular weight excluding hydrogens is 810 g/mol. The number of esters is 2. The summed E-state index contributed by atoms with van der Waals surface area (Å²) in [6, 6.07) is 0. The lowest BCUT2D eigenvalue weighted by Crippen LogP contribution is -2.37. The maximum absolute atomic E-state index is 12.7. The number of carbonyl (C=O) groups excluding carboxylic acids is 2. The van der Waals surface area contributed by atoms with E-state index in [1.165, 1.54) is 89.9 Å². The predicted molar refractivity (Wildman–Crippen MR) is 266 cm³/mol. The molecule has 0 radical (unpaired) electrons. The summed E-state index contributed by atoms with van der Waals surface area (Å²) in [5.74, 6) is -0.806. The third kappa shape index (κ3) is 48.7. The molecule has 9 nitrogen and oxygen atoms in total. The van der Waals surface area contributed by atoms with E-state index in [0.717, 1.165) is 77.0 Å². The van der Waals surface area contributed by atoms with Crippen molar-refractivity contribution >= 4 is 19.8 Å². The number of nitrogens with zero attached hydrogens (tertiary/aromatic N) is 1. The second kappa shape index (κ2) is 44.6. The summed E-state index contributed by atoms with van der Waals surface area (Å²) < 4.78 is 34.3. The van der Waals surface area contributed by atoms with Gasteiger partial charge in [-0.2, -0.15) is 0 Å². The Kier molecular flexibility index (Phi) is 42.8. The molecular formula is C53H95NO8P+. The lowest BCUT2D eigenvalue weighted by atomic mass is 10.0. The number of unbranched alkanes of at least 4 members (excludes halogenated alkanes) is 19. The number of rotatable bonds is 45. The first-order valence-electron chi connectivity index (χ1n) is 25.2. The molecule has 0 aromatic carbocycles. The van der Waals surface area contributed by atoms with Gasteiger partial charge >= 0.3 is 19.8 Å². The maximum Gasteiger partial charge on any atom is 0.472 e. The minimum atomic E-state index is -4.37. The zero-order valence-electron chi connectivity index (χ0n) is 41.0. The van der Waals surface area contributed by atoms with Gasteiger partial charge in [0.15, 0.2) is 6.10 Å². The van der Waals surface area contributed by atoms with E-state index < -0.39 is 26.5 Å². The van der Waals surface area contributed by atoms with Gasteiger partial charge in [0.05, 0.1) is 27.7 Å². The first-order chi connectivity index (χ1) is 30.5. The van der Waals surface area contributed by atoms with Crippen LogP contribution in [0.3, 0.4) is 0 Å². The van der Waals surface area contributed by atoms with Crippen molar-refractivity contribution in [1.29, 1.82) is 0 Å². The van der Waals surface area contributed by atoms with Crippen LogP contribution in [0.2, 0.25) is 0 Å². The highest BCUT2D eigenvalue weighted by Crippen LogP contribution is 2.43. The van der Waals surface area contributed by atoms with Gasteiger partial charge in [-0.15, -0.1) is 0 Å². The molecule has 0 amide bonds. The maximum atomic E-state index is 12.7. The van der Waals surface area contributed by atoms with Crippen molar-refractivity contribution in [2.75, 3.05) is 47.5 Å². The molecule has 1 N–H and O–H groups in total. The molecule has 0 spiro atoms. The van der Waals surface area contributed by atoms with Gasteiger partial charge in [-0.25, -0.2) is 4.57 Å². The van der Waals surface area contributed by atoms with Gasteiger partial charge in [-0.05, 0) is 64.2 Å². The zero-order valence-corrected chi connectivity index (χ0v) is 41.9. The first-order valence-corrected chi connectivity index (χ1v) is 26.7. The normalized spacial score (nSPS) is 14.1. The highest BCUT2D eigenvalue weighted by Gasteiger charge is 2.27. The van der Waals surface area contributed by atoms with Crippen LogP contribution in [0.25, 0.3) is 0 Å². The minimum Gasteiger partial charge on any atom is -0.462 e. The van der Waals surface area contributed by atoms with E-state index in [1.807, 2.05) is 21.1 Å². The summed E-state index contributed by atoms with van der Waals surface area (Å²) in [6.45, 7) is 4.27. The molecule has 10 heteroatoms. The minimum absolute atomic E-state index is 0.0299. The van der Waals surface area contributed by atoms with Crippen LogP contribution in [0.5, 0.6) is 0 Å². The number of ether oxygens (including phenoxy) is 2. The Bertz CT molecular complexity index is 1300. The van der Waals surface area contributed by atoms with Crippen molar-refractivity contribution < 1.29 is 42.1 Å². The highest BCUT2D eigenvalue weighted by atomic mass is 31.2. The zero-order chi connectivity index (χ0) is 46.4. The molecule has 0 rings (SSSR count). The summed E-state index contributed by atoms with van der Waals surface area (Å²) in [5, 5.41) is 0. The lowest BCUT2D eigenvalue weighted by Gasteiger charge is -2.24. The van der Waals surface area contributed by atoms with Gasteiger partial charge < -0.3 is 18.9 Å². The third-order valence-corrected chi connectivity index (χ3v) is 11.5. The number of phosphoric ester groups is 1. The molecule has 0 saturated heterocycles. The van der Waals surface area contributed by atoms with Crippen molar-refractivity contribution in [1.82, 2.24) is 0 Å². The molecule has 0 heterocycles. The number of hydrogen-bond donors (Lipinski definition) is 1. The molecule has 0 bridgehead atoms. The van der Waals surface area contributed by atoms with Gasteiger partial charge in [0.1, 0.15) is 19.8 Å². The quantitative estimate of drug-likeness (QED) is 0.0212. The van der Waals surface area contributed by atoms with Crippen LogP contribution in [-0.2, 0) is 32.7 Å². The van der Waals surface area contributed by atoms with Gasteiger partial charge in [-0.1, -0.05) is 196 Å². The van der Waals surface area contributed by atoms with Gasteiger partial charge in [-0.3, -0.25) is 18.6 Å². The lowest BCUT2D eigenvalue weighted by molar-refractivity contribution is -0.870. The summed E-state index contributed by atoms with van der Waals surface area (Å²) in [7, 11) is 1.47. The average Bonchev–Trinajstić information content (AvgIpc) is 3.24. The fourth-order valence-electron chi connectivity index (χ4n) is 6.61. The monoisotopic (exact) mass is 905 g/mol. The second-order valence-corrected chi connectivity index (χ2v) is 19.3. The van der Waals surface area contributed by atoms with Gasteiger partial charge in [0, 0.05) is 12.8 Å². The SMILES string of the molecule is CC/C=C\C/C=C\C/C=C\C/C=C\C/C=C\C/C=C\CCCCCCCCCCCCCCC(=O)OC(COC(=O)CCCCCCCCCC)COP(=O)(O)OCC[N+](C)(C)C. The summed E-state index contributed by atoms with van der Waals surface area (Å²) in [6.07, 6.45) is 56.9. The van der Waals surface area contributed by atoms with Crippen LogP contribution in [0.4, 0.5) is 0 Å². The van der Waals surface area contributed by atoms with E-state index in [-0.39, 0.29) is 32.0 Å². The third-order valence-electron chi connectivity index (χ3n) is 10.5. The van der Waals surface area contributed by atoms with E-state index in [9.17, 15) is 19.0 Å². The molecule has 0 aromatic rings. The summed E-state index contributed by atoms with van der Waals surface area (Å²) in [4.78, 5) is 35.3. The Morgan fingerprint density at radius 1 is 0.508 bits per heavy atom. The van der Waals surface area contributed by atoms with Crippen LogP contribution in [0.1, 0.15) is 200 Å². The smallest absolute Gasteiger partial charge is 0.462 e. The van der Waals surface area contributed by atoms with Crippen LogP contribution < -0.4 is 0 Å². The van der Waals surface area contributed by atoms with Crippen molar-refractivity contribution in [3.8, 4) is 0 Å². The average molecular weight is 905 g/mol. The first kappa shape index (κ1) is 60.5. The number of carbonyl (C=O) groups is 2. The van der Waals surface area contributed by atoms with Crippen LogP contribution in [-0.4, -0.2) is 74.9 Å². The molecule has 63 heavy (non-hydrogen) atoms. The van der Waals surface area contributed by atoms with Crippen molar-refractivity contribution in [2.24, 2.45) is 0 Å². The van der Waals surface area contributed by atoms with E-state index in [1.54, 1.807) is 0 Å². The van der Waals surface area contributed by atoms with Gasteiger partial charge in [0.2, 0.25) is 0 Å². The van der Waals surface area contributed by atoms with E-state index >= 15 is 0 Å². The van der Waals surface area contributed by atoms with E-state index in [2.05, 4.69) is 86.8 Å². The molecule has 0 aliphatic heterocycles. The van der Waals surface area contributed by atoms with Crippen molar-refractivity contribution in [2.45, 2.75) is 206 Å². The fraction of sp³-hybridized carbons (Fsp3) is 0.736. The molecule has 0 saturated carbocycles. The second-order valence-electron chi connectivity index (χ2n) is 17.8. The molecule has 0 fully saturated rings. The number of likely N-dealkylation sites (N-methyl/N-ethyl adjacent to an activating group) is 1. The van der Waals surface area contributed by atoms with E-state index in [4.69, 9.17) is 18.5 Å². The van der Waals surface area contributed by atoms with Crippen molar-refractivity contribution in [3.63, 3.8) is 0 Å². The fourth-order valence-corrected chi connectivity index (χ4v) is 7.35. The van der Waals surface area contributed by atoms with Crippen molar-refractivity contribution in [3.05, 3.63) is 72.9 Å². The highest BCUT2D eigenvalue weighted by molar-refractivity contribution is 7.47. The van der Waals surface area contributed by atoms with Crippen LogP contribution in [0.15, 0.2) is 72.9 Å².